The van der Waals surface area contributed by atoms with Gasteiger partial charge in [0.05, 0.1) is 0 Å². The Kier molecular flexibility index (Phi) is 4.86. The van der Waals surface area contributed by atoms with Gasteiger partial charge >= 0.3 is 0 Å². The highest BCUT2D eigenvalue weighted by Gasteiger charge is 2.30. The third-order valence-electron chi connectivity index (χ3n) is 4.37. The van der Waals surface area contributed by atoms with Crippen LogP contribution in [-0.2, 0) is 0 Å². The Balaban J connectivity index is 2.35. The van der Waals surface area contributed by atoms with Gasteiger partial charge in [-0.2, -0.15) is 0 Å². The van der Waals surface area contributed by atoms with Crippen LogP contribution in [0.3, 0.4) is 0 Å². The number of hydrogen-bond acceptors (Lipinski definition) is 3. The number of pyridine rings is 1. The second-order valence-corrected chi connectivity index (χ2v) is 6.41. The number of rotatable bonds is 3. The summed E-state index contributed by atoms with van der Waals surface area (Å²) in [4.78, 5) is 19.5. The Hall–Kier alpha value is -1.58. The summed E-state index contributed by atoms with van der Waals surface area (Å²) in [6.45, 7) is 8.50. The fourth-order valence-corrected chi connectivity index (χ4v) is 3.07. The van der Waals surface area contributed by atoms with Crippen molar-refractivity contribution in [3.63, 3.8) is 0 Å². The predicted octanol–water partition coefficient (Wildman–Crippen LogP) is 3.65. The first-order valence-electron chi connectivity index (χ1n) is 7.96. The van der Waals surface area contributed by atoms with E-state index in [2.05, 4.69) is 38.0 Å². The van der Waals surface area contributed by atoms with Gasteiger partial charge in [-0.25, -0.2) is 4.98 Å². The topological polar surface area (TPSA) is 45.2 Å². The van der Waals surface area contributed by atoms with E-state index in [9.17, 15) is 4.79 Å². The van der Waals surface area contributed by atoms with Gasteiger partial charge in [0.25, 0.3) is 5.91 Å². The SMILES string of the molecule is CNc1cc(C(=O)N2[C@H](C)CCC[C@@H]2C)cc(C(C)C)n1. The highest BCUT2D eigenvalue weighted by atomic mass is 16.2. The molecule has 1 amide bonds. The van der Waals surface area contributed by atoms with Crippen LogP contribution < -0.4 is 5.32 Å². The Morgan fingerprint density at radius 1 is 1.29 bits per heavy atom. The molecule has 1 aromatic heterocycles. The molecule has 4 nitrogen and oxygen atoms in total. The fraction of sp³-hybridized carbons (Fsp3) is 0.647. The summed E-state index contributed by atoms with van der Waals surface area (Å²) in [5.41, 5.74) is 1.71. The van der Waals surface area contributed by atoms with Crippen LogP contribution >= 0.6 is 0 Å². The minimum Gasteiger partial charge on any atom is -0.373 e. The van der Waals surface area contributed by atoms with Crippen molar-refractivity contribution in [2.45, 2.75) is 65.0 Å². The number of aromatic nitrogens is 1. The van der Waals surface area contributed by atoms with Crippen LogP contribution in [0.15, 0.2) is 12.1 Å². The standard InChI is InChI=1S/C17H27N3O/c1-11(2)15-9-14(10-16(18-5)19-15)17(21)20-12(3)7-6-8-13(20)4/h9-13H,6-8H2,1-5H3,(H,18,19)/t12-,13+. The van der Waals surface area contributed by atoms with E-state index < -0.39 is 0 Å². The number of carbonyl (C=O) groups is 1. The number of nitrogens with zero attached hydrogens (tertiary/aromatic N) is 2. The highest BCUT2D eigenvalue weighted by molar-refractivity contribution is 5.95. The lowest BCUT2D eigenvalue weighted by atomic mass is 9.96. The van der Waals surface area contributed by atoms with Gasteiger partial charge in [-0.15, -0.1) is 0 Å². The number of nitrogens with one attached hydrogen (secondary N) is 1. The van der Waals surface area contributed by atoms with E-state index in [1.165, 1.54) is 6.42 Å². The van der Waals surface area contributed by atoms with Gasteiger partial charge in [0.2, 0.25) is 0 Å². The normalized spacial score (nSPS) is 22.5. The molecule has 4 heteroatoms. The molecular weight excluding hydrogens is 262 g/mol. The van der Waals surface area contributed by atoms with Crippen molar-refractivity contribution in [2.75, 3.05) is 12.4 Å². The molecule has 1 N–H and O–H groups in total. The summed E-state index contributed by atoms with van der Waals surface area (Å²) in [5, 5.41) is 3.06. The molecule has 0 aromatic carbocycles. The van der Waals surface area contributed by atoms with Crippen molar-refractivity contribution < 1.29 is 4.79 Å². The number of anilines is 1. The van der Waals surface area contributed by atoms with Crippen LogP contribution in [0.2, 0.25) is 0 Å². The Morgan fingerprint density at radius 2 is 1.90 bits per heavy atom. The minimum atomic E-state index is 0.135. The van der Waals surface area contributed by atoms with Crippen molar-refractivity contribution in [3.05, 3.63) is 23.4 Å². The fourth-order valence-electron chi connectivity index (χ4n) is 3.07. The van der Waals surface area contributed by atoms with Crippen LogP contribution in [0.25, 0.3) is 0 Å². The summed E-state index contributed by atoms with van der Waals surface area (Å²) in [6, 6.07) is 4.44. The summed E-state index contributed by atoms with van der Waals surface area (Å²) in [6.07, 6.45) is 3.40. The largest absolute Gasteiger partial charge is 0.373 e. The molecule has 2 rings (SSSR count). The second kappa shape index (κ2) is 6.46. The van der Waals surface area contributed by atoms with Crippen LogP contribution in [-0.4, -0.2) is 34.9 Å². The van der Waals surface area contributed by atoms with E-state index in [0.29, 0.717) is 18.0 Å². The first kappa shape index (κ1) is 15.8. The molecule has 2 heterocycles. The predicted molar refractivity (Wildman–Crippen MR) is 86.8 cm³/mol. The van der Waals surface area contributed by atoms with Gasteiger partial charge < -0.3 is 10.2 Å². The maximum absolute atomic E-state index is 12.9. The number of amides is 1. The van der Waals surface area contributed by atoms with Crippen molar-refractivity contribution >= 4 is 11.7 Å². The van der Waals surface area contributed by atoms with Crippen molar-refractivity contribution in [3.8, 4) is 0 Å². The second-order valence-electron chi connectivity index (χ2n) is 6.41. The summed E-state index contributed by atoms with van der Waals surface area (Å²) < 4.78 is 0. The third-order valence-corrected chi connectivity index (χ3v) is 4.37. The monoisotopic (exact) mass is 289 g/mol. The molecule has 21 heavy (non-hydrogen) atoms. The average molecular weight is 289 g/mol. The van der Waals surface area contributed by atoms with Gasteiger partial charge in [-0.3, -0.25) is 4.79 Å². The summed E-state index contributed by atoms with van der Waals surface area (Å²) >= 11 is 0. The number of likely N-dealkylation sites (tertiary alicyclic amines) is 1. The Morgan fingerprint density at radius 3 is 2.43 bits per heavy atom. The van der Waals surface area contributed by atoms with Gasteiger partial charge in [0.15, 0.2) is 0 Å². The Bertz CT molecular complexity index is 503. The zero-order valence-corrected chi connectivity index (χ0v) is 13.8. The average Bonchev–Trinajstić information content (AvgIpc) is 2.46. The summed E-state index contributed by atoms with van der Waals surface area (Å²) in [5.74, 6) is 1.21. The molecular formula is C17H27N3O. The number of carbonyl (C=O) groups excluding carboxylic acids is 1. The van der Waals surface area contributed by atoms with Gasteiger partial charge in [-0.1, -0.05) is 13.8 Å². The lowest BCUT2D eigenvalue weighted by Gasteiger charge is -2.39. The maximum atomic E-state index is 12.9. The van der Waals surface area contributed by atoms with Crippen LogP contribution in [0.4, 0.5) is 5.82 Å². The molecule has 0 radical (unpaired) electrons. The number of hydrogen-bond donors (Lipinski definition) is 1. The van der Waals surface area contributed by atoms with E-state index in [-0.39, 0.29) is 5.91 Å². The molecule has 2 atom stereocenters. The zero-order valence-electron chi connectivity index (χ0n) is 13.8. The van der Waals surface area contributed by atoms with Gasteiger partial charge in [0, 0.05) is 30.4 Å². The molecule has 1 aromatic rings. The molecule has 0 bridgehead atoms. The first-order chi connectivity index (χ1) is 9.93. The maximum Gasteiger partial charge on any atom is 0.254 e. The smallest absolute Gasteiger partial charge is 0.254 e. The van der Waals surface area contributed by atoms with Gasteiger partial charge in [-0.05, 0) is 51.2 Å². The molecule has 1 aliphatic rings. The number of piperidine rings is 1. The van der Waals surface area contributed by atoms with E-state index in [1.807, 2.05) is 24.1 Å². The third kappa shape index (κ3) is 3.36. The van der Waals surface area contributed by atoms with Crippen LogP contribution in [0.1, 0.15) is 68.9 Å². The van der Waals surface area contributed by atoms with E-state index >= 15 is 0 Å². The van der Waals surface area contributed by atoms with Crippen LogP contribution in [0.5, 0.6) is 0 Å². The molecule has 1 saturated heterocycles. The molecule has 0 aliphatic carbocycles. The van der Waals surface area contributed by atoms with Crippen molar-refractivity contribution in [1.82, 2.24) is 9.88 Å². The van der Waals surface area contributed by atoms with E-state index in [4.69, 9.17) is 0 Å². The first-order valence-corrected chi connectivity index (χ1v) is 7.96. The molecule has 0 unspecified atom stereocenters. The van der Waals surface area contributed by atoms with Crippen molar-refractivity contribution in [1.29, 1.82) is 0 Å². The molecule has 0 saturated carbocycles. The van der Waals surface area contributed by atoms with Crippen molar-refractivity contribution in [2.24, 2.45) is 0 Å². The lowest BCUT2D eigenvalue weighted by molar-refractivity contribution is 0.0510. The molecule has 1 fully saturated rings. The van der Waals surface area contributed by atoms with Crippen LogP contribution in [0, 0.1) is 0 Å². The minimum absolute atomic E-state index is 0.135. The quantitative estimate of drug-likeness (QED) is 0.924. The summed E-state index contributed by atoms with van der Waals surface area (Å²) in [7, 11) is 1.84. The molecule has 116 valence electrons. The van der Waals surface area contributed by atoms with Gasteiger partial charge in [0.1, 0.15) is 5.82 Å². The molecule has 1 aliphatic heterocycles. The highest BCUT2D eigenvalue weighted by Crippen LogP contribution is 2.26. The molecule has 0 spiro atoms. The zero-order chi connectivity index (χ0) is 15.6. The van der Waals surface area contributed by atoms with E-state index in [0.717, 1.165) is 29.9 Å². The van der Waals surface area contributed by atoms with E-state index in [1.54, 1.807) is 0 Å². The Labute approximate surface area is 127 Å². The lowest BCUT2D eigenvalue weighted by Crippen LogP contribution is -2.47.